The number of imide groups is 1. The van der Waals surface area contributed by atoms with Crippen LogP contribution in [0.1, 0.15) is 46.4 Å². The zero-order valence-electron chi connectivity index (χ0n) is 15.7. The van der Waals surface area contributed by atoms with E-state index in [-0.39, 0.29) is 30.6 Å². The van der Waals surface area contributed by atoms with Gasteiger partial charge in [0.15, 0.2) is 0 Å². The van der Waals surface area contributed by atoms with Gasteiger partial charge in [0, 0.05) is 6.61 Å². The molecule has 0 aliphatic carbocycles. The van der Waals surface area contributed by atoms with Crippen LogP contribution in [0.15, 0.2) is 36.9 Å². The number of benzene rings is 1. The van der Waals surface area contributed by atoms with E-state index >= 15 is 0 Å². The molecule has 0 bridgehead atoms. The first-order chi connectivity index (χ1) is 13.5. The summed E-state index contributed by atoms with van der Waals surface area (Å²) in [4.78, 5) is 51.1. The Balaban J connectivity index is 2.21. The lowest BCUT2D eigenvalue weighted by Crippen LogP contribution is -2.53. The number of ether oxygens (including phenoxy) is 1. The highest BCUT2D eigenvalue weighted by molar-refractivity contribution is 6.22. The van der Waals surface area contributed by atoms with Gasteiger partial charge in [0.2, 0.25) is 5.91 Å². The van der Waals surface area contributed by atoms with Crippen molar-refractivity contribution in [2.24, 2.45) is 0 Å². The van der Waals surface area contributed by atoms with E-state index in [4.69, 9.17) is 9.84 Å². The Kier molecular flexibility index (Phi) is 7.45. The number of unbranched alkanes of at least 4 members (excludes halogenated alkanes) is 1. The highest BCUT2D eigenvalue weighted by atomic mass is 16.5. The number of hydrogen-bond acceptors (Lipinski definition) is 6. The second-order valence-corrected chi connectivity index (χ2v) is 6.37. The van der Waals surface area contributed by atoms with Gasteiger partial charge in [-0.15, -0.1) is 6.58 Å². The maximum absolute atomic E-state index is 12.9. The molecule has 0 spiro atoms. The second-order valence-electron chi connectivity index (χ2n) is 6.37. The monoisotopic (exact) mass is 388 g/mol. The van der Waals surface area contributed by atoms with Crippen LogP contribution in [0, 0.1) is 0 Å². The van der Waals surface area contributed by atoms with Gasteiger partial charge in [0.25, 0.3) is 11.8 Å². The first-order valence-electron chi connectivity index (χ1n) is 9.03. The maximum Gasteiger partial charge on any atom is 0.328 e. The van der Waals surface area contributed by atoms with Gasteiger partial charge >= 0.3 is 5.97 Å². The van der Waals surface area contributed by atoms with Crippen molar-refractivity contribution in [2.45, 2.75) is 37.8 Å². The van der Waals surface area contributed by atoms with Gasteiger partial charge in [-0.25, -0.2) is 4.79 Å². The molecule has 0 fully saturated rings. The fourth-order valence-corrected chi connectivity index (χ4v) is 3.10. The Morgan fingerprint density at radius 1 is 1.21 bits per heavy atom. The predicted octanol–water partition coefficient (Wildman–Crippen LogP) is 1.05. The number of amides is 3. The molecule has 8 nitrogen and oxygen atoms in total. The first kappa shape index (κ1) is 21.3. The van der Waals surface area contributed by atoms with Crippen molar-refractivity contribution in [3.63, 3.8) is 0 Å². The molecule has 2 rings (SSSR count). The number of fused-ring (bicyclic) bond motifs is 1. The Morgan fingerprint density at radius 3 is 2.32 bits per heavy atom. The number of carbonyl (C=O) groups excluding carboxylic acids is 4. The Hall–Kier alpha value is -3.00. The fraction of sp³-hybridized carbons (Fsp3) is 0.400. The summed E-state index contributed by atoms with van der Waals surface area (Å²) >= 11 is 0. The maximum atomic E-state index is 12.9. The van der Waals surface area contributed by atoms with Crippen LogP contribution in [0.2, 0.25) is 0 Å². The van der Waals surface area contributed by atoms with Gasteiger partial charge < -0.3 is 15.2 Å². The molecule has 2 atom stereocenters. The fourth-order valence-electron chi connectivity index (χ4n) is 3.10. The molecule has 1 heterocycles. The number of methoxy groups -OCH3 is 1. The van der Waals surface area contributed by atoms with E-state index in [1.54, 1.807) is 12.1 Å². The number of aliphatic hydroxyl groups is 1. The van der Waals surface area contributed by atoms with Crippen LogP contribution in [-0.2, 0) is 14.3 Å². The van der Waals surface area contributed by atoms with E-state index in [1.165, 1.54) is 25.3 Å². The van der Waals surface area contributed by atoms with Crippen molar-refractivity contribution in [3.8, 4) is 0 Å². The van der Waals surface area contributed by atoms with Crippen LogP contribution in [0.25, 0.3) is 0 Å². The summed E-state index contributed by atoms with van der Waals surface area (Å²) in [5.74, 6) is -2.39. The lowest BCUT2D eigenvalue weighted by atomic mass is 10.1. The van der Waals surface area contributed by atoms with Crippen molar-refractivity contribution < 1.29 is 29.0 Å². The van der Waals surface area contributed by atoms with Crippen molar-refractivity contribution in [1.29, 1.82) is 0 Å². The zero-order chi connectivity index (χ0) is 20.7. The second kappa shape index (κ2) is 9.80. The third-order valence-corrected chi connectivity index (χ3v) is 4.53. The molecule has 0 aromatic heterocycles. The van der Waals surface area contributed by atoms with Crippen molar-refractivity contribution in [3.05, 3.63) is 48.0 Å². The summed E-state index contributed by atoms with van der Waals surface area (Å²) in [5, 5.41) is 11.5. The van der Waals surface area contributed by atoms with Gasteiger partial charge in [-0.05, 0) is 37.8 Å². The summed E-state index contributed by atoms with van der Waals surface area (Å²) in [5.41, 5.74) is 0.476. The predicted molar refractivity (Wildman–Crippen MR) is 100 cm³/mol. The summed E-state index contributed by atoms with van der Waals surface area (Å²) in [6.07, 6.45) is 2.71. The summed E-state index contributed by atoms with van der Waals surface area (Å²) in [7, 11) is 1.21. The molecule has 1 aliphatic heterocycles. The molecule has 1 aromatic rings. The molecule has 0 saturated heterocycles. The molecular weight excluding hydrogens is 364 g/mol. The Morgan fingerprint density at radius 2 is 1.82 bits per heavy atom. The zero-order valence-corrected chi connectivity index (χ0v) is 15.7. The highest BCUT2D eigenvalue weighted by Crippen LogP contribution is 2.26. The van der Waals surface area contributed by atoms with E-state index in [0.29, 0.717) is 12.8 Å². The van der Waals surface area contributed by atoms with Gasteiger partial charge in [0.05, 0.1) is 18.2 Å². The standard InChI is InChI=1S/C20H24N2O6/c1-3-8-16(17(24)21-15(20(27)28-2)11-6-7-12-23)22-18(25)13-9-4-5-10-14(13)19(22)26/h3-5,9-10,15-16,23H,1,6-8,11-12H2,2H3,(H,21,24)/t15-,16-/m0/s1. The number of esters is 1. The summed E-state index contributed by atoms with van der Waals surface area (Å²) in [6.45, 7) is 3.56. The minimum Gasteiger partial charge on any atom is -0.467 e. The largest absolute Gasteiger partial charge is 0.467 e. The van der Waals surface area contributed by atoms with Gasteiger partial charge in [-0.2, -0.15) is 0 Å². The topological polar surface area (TPSA) is 113 Å². The van der Waals surface area contributed by atoms with Crippen LogP contribution in [0.4, 0.5) is 0 Å². The van der Waals surface area contributed by atoms with Crippen LogP contribution in [0.3, 0.4) is 0 Å². The molecule has 8 heteroatoms. The molecule has 2 N–H and O–H groups in total. The minimum atomic E-state index is -1.13. The third-order valence-electron chi connectivity index (χ3n) is 4.53. The molecule has 0 saturated carbocycles. The minimum absolute atomic E-state index is 0.0318. The van der Waals surface area contributed by atoms with Crippen molar-refractivity contribution in [2.75, 3.05) is 13.7 Å². The van der Waals surface area contributed by atoms with Crippen LogP contribution < -0.4 is 5.32 Å². The molecule has 0 radical (unpaired) electrons. The SMILES string of the molecule is C=CC[C@@H](C(=O)N[C@@H](CCCCO)C(=O)OC)N1C(=O)c2ccccc2C1=O. The van der Waals surface area contributed by atoms with Gasteiger partial charge in [0.1, 0.15) is 12.1 Å². The molecular formula is C20H24N2O6. The highest BCUT2D eigenvalue weighted by Gasteiger charge is 2.42. The van der Waals surface area contributed by atoms with Crippen LogP contribution >= 0.6 is 0 Å². The van der Waals surface area contributed by atoms with Crippen molar-refractivity contribution in [1.82, 2.24) is 10.2 Å². The summed E-state index contributed by atoms with van der Waals surface area (Å²) in [6, 6.07) is 4.28. The molecule has 3 amide bonds. The normalized spacial score (nSPS) is 15.0. The molecule has 28 heavy (non-hydrogen) atoms. The number of nitrogens with zero attached hydrogens (tertiary/aromatic N) is 1. The van der Waals surface area contributed by atoms with Crippen LogP contribution in [-0.4, -0.2) is 59.5 Å². The average Bonchev–Trinajstić information content (AvgIpc) is 2.95. The smallest absolute Gasteiger partial charge is 0.328 e. The number of nitrogens with one attached hydrogen (secondary N) is 1. The van der Waals surface area contributed by atoms with E-state index in [1.807, 2.05) is 0 Å². The van der Waals surface area contributed by atoms with E-state index < -0.39 is 35.8 Å². The van der Waals surface area contributed by atoms with E-state index in [0.717, 1.165) is 4.90 Å². The average molecular weight is 388 g/mol. The Labute approximate surface area is 163 Å². The summed E-state index contributed by atoms with van der Waals surface area (Å²) < 4.78 is 4.72. The van der Waals surface area contributed by atoms with Crippen LogP contribution in [0.5, 0.6) is 0 Å². The number of hydrogen-bond donors (Lipinski definition) is 2. The lowest BCUT2D eigenvalue weighted by Gasteiger charge is -2.26. The first-order valence-corrected chi connectivity index (χ1v) is 9.03. The third kappa shape index (κ3) is 4.45. The van der Waals surface area contributed by atoms with Gasteiger partial charge in [-0.3, -0.25) is 19.3 Å². The molecule has 150 valence electrons. The van der Waals surface area contributed by atoms with E-state index in [2.05, 4.69) is 11.9 Å². The number of carbonyl (C=O) groups is 4. The molecule has 1 aromatic carbocycles. The Bertz CT molecular complexity index is 741. The van der Waals surface area contributed by atoms with Gasteiger partial charge in [-0.1, -0.05) is 18.2 Å². The lowest BCUT2D eigenvalue weighted by molar-refractivity contribution is -0.145. The van der Waals surface area contributed by atoms with Crippen molar-refractivity contribution >= 4 is 23.7 Å². The number of rotatable bonds is 10. The molecule has 0 unspecified atom stereocenters. The quantitative estimate of drug-likeness (QED) is 0.268. The van der Waals surface area contributed by atoms with E-state index in [9.17, 15) is 19.2 Å². The molecule has 1 aliphatic rings. The number of aliphatic hydroxyl groups excluding tert-OH is 1.